The van der Waals surface area contributed by atoms with Crippen molar-refractivity contribution in [2.45, 2.75) is 69.9 Å². The smallest absolute Gasteiger partial charge is 0.224 e. The molecule has 1 heterocycles. The van der Waals surface area contributed by atoms with Crippen LogP contribution in [-0.4, -0.2) is 36.0 Å². The quantitative estimate of drug-likeness (QED) is 0.625. The second kappa shape index (κ2) is 7.68. The molecular formula is C16H28N2O. The van der Waals surface area contributed by atoms with Crippen LogP contribution in [-0.2, 0) is 4.79 Å². The topological polar surface area (TPSA) is 32.3 Å². The normalized spacial score (nSPS) is 26.6. The molecule has 1 aliphatic carbocycles. The summed E-state index contributed by atoms with van der Waals surface area (Å²) in [6.07, 6.45) is 12.8. The van der Waals surface area contributed by atoms with Gasteiger partial charge in [-0.05, 0) is 32.2 Å². The molecule has 19 heavy (non-hydrogen) atoms. The fraction of sp³-hybridized carbons (Fsp3) is 0.812. The number of hydrogen-bond donors (Lipinski definition) is 1. The summed E-state index contributed by atoms with van der Waals surface area (Å²) < 4.78 is 0. The lowest BCUT2D eigenvalue weighted by Crippen LogP contribution is -2.50. The molecule has 0 aromatic rings. The van der Waals surface area contributed by atoms with Gasteiger partial charge in [0.2, 0.25) is 5.91 Å². The number of likely N-dealkylation sites (tertiary alicyclic amines) is 1. The second-order valence-corrected chi connectivity index (χ2v) is 6.04. The van der Waals surface area contributed by atoms with Gasteiger partial charge in [-0.3, -0.25) is 9.69 Å². The summed E-state index contributed by atoms with van der Waals surface area (Å²) in [5.74, 6) is 0.128. The number of amides is 1. The van der Waals surface area contributed by atoms with E-state index in [9.17, 15) is 4.79 Å². The molecule has 1 aliphatic heterocycles. The van der Waals surface area contributed by atoms with Crippen molar-refractivity contribution in [1.29, 1.82) is 0 Å². The molecule has 2 rings (SSSR count). The molecule has 108 valence electrons. The van der Waals surface area contributed by atoms with E-state index >= 15 is 0 Å². The van der Waals surface area contributed by atoms with Gasteiger partial charge < -0.3 is 5.32 Å². The molecule has 3 heteroatoms. The van der Waals surface area contributed by atoms with E-state index in [0.717, 1.165) is 19.0 Å². The molecule has 1 saturated heterocycles. The van der Waals surface area contributed by atoms with Crippen molar-refractivity contribution in [2.75, 3.05) is 13.1 Å². The second-order valence-electron chi connectivity index (χ2n) is 6.04. The Kier molecular flexibility index (Phi) is 5.90. The average Bonchev–Trinajstić information content (AvgIpc) is 2.68. The van der Waals surface area contributed by atoms with Crippen LogP contribution in [0.1, 0.15) is 57.8 Å². The van der Waals surface area contributed by atoms with E-state index in [0.29, 0.717) is 12.5 Å². The highest BCUT2D eigenvalue weighted by Crippen LogP contribution is 2.24. The average molecular weight is 264 g/mol. The molecule has 0 aromatic heterocycles. The standard InChI is InChI=1S/C16H28N2O/c1-2-8-16(19)17-14-9-7-12-18(13-14)15-10-5-3-4-6-11-15/h2,14-15H,1,3-13H2,(H,17,19)/t14-/m0/s1. The van der Waals surface area contributed by atoms with Crippen LogP contribution >= 0.6 is 0 Å². The number of rotatable bonds is 4. The van der Waals surface area contributed by atoms with Gasteiger partial charge in [0.15, 0.2) is 0 Å². The third-order valence-corrected chi connectivity index (χ3v) is 4.49. The van der Waals surface area contributed by atoms with Crippen LogP contribution in [0.25, 0.3) is 0 Å². The van der Waals surface area contributed by atoms with Crippen molar-refractivity contribution in [3.05, 3.63) is 12.7 Å². The van der Waals surface area contributed by atoms with Gasteiger partial charge in [-0.1, -0.05) is 31.8 Å². The summed E-state index contributed by atoms with van der Waals surface area (Å²) in [6, 6.07) is 1.12. The first-order chi connectivity index (χ1) is 9.29. The minimum absolute atomic E-state index is 0.128. The van der Waals surface area contributed by atoms with Crippen LogP contribution in [0.4, 0.5) is 0 Å². The first-order valence-corrected chi connectivity index (χ1v) is 7.94. The van der Waals surface area contributed by atoms with Crippen LogP contribution in [0.15, 0.2) is 12.7 Å². The highest BCUT2D eigenvalue weighted by atomic mass is 16.1. The maximum atomic E-state index is 11.6. The monoisotopic (exact) mass is 264 g/mol. The Balaban J connectivity index is 1.82. The number of carbonyl (C=O) groups excluding carboxylic acids is 1. The molecule has 1 saturated carbocycles. The minimum Gasteiger partial charge on any atom is -0.352 e. The van der Waals surface area contributed by atoms with E-state index in [2.05, 4.69) is 16.8 Å². The Labute approximate surface area is 117 Å². The van der Waals surface area contributed by atoms with Crippen molar-refractivity contribution >= 4 is 5.91 Å². The zero-order valence-electron chi connectivity index (χ0n) is 12.1. The van der Waals surface area contributed by atoms with Gasteiger partial charge in [0, 0.05) is 25.0 Å². The van der Waals surface area contributed by atoms with Crippen molar-refractivity contribution in [3.63, 3.8) is 0 Å². The van der Waals surface area contributed by atoms with Crippen LogP contribution in [0.5, 0.6) is 0 Å². The van der Waals surface area contributed by atoms with Gasteiger partial charge in [-0.25, -0.2) is 0 Å². The molecule has 0 radical (unpaired) electrons. The van der Waals surface area contributed by atoms with Crippen LogP contribution in [0.3, 0.4) is 0 Å². The zero-order valence-corrected chi connectivity index (χ0v) is 12.1. The third-order valence-electron chi connectivity index (χ3n) is 4.49. The number of hydrogen-bond acceptors (Lipinski definition) is 2. The van der Waals surface area contributed by atoms with E-state index in [1.807, 2.05) is 0 Å². The van der Waals surface area contributed by atoms with Gasteiger partial charge in [0.05, 0.1) is 0 Å². The molecule has 2 fully saturated rings. The summed E-state index contributed by atoms with van der Waals surface area (Å²) in [5, 5.41) is 3.15. The Bertz CT molecular complexity index is 295. The highest BCUT2D eigenvalue weighted by Gasteiger charge is 2.26. The summed E-state index contributed by atoms with van der Waals surface area (Å²) in [4.78, 5) is 14.3. The molecule has 1 atom stereocenters. The SMILES string of the molecule is C=CCC(=O)N[C@H]1CCCN(C2CCCCCC2)C1. The lowest BCUT2D eigenvalue weighted by Gasteiger charge is -2.38. The zero-order chi connectivity index (χ0) is 13.5. The summed E-state index contributed by atoms with van der Waals surface area (Å²) in [5.41, 5.74) is 0. The fourth-order valence-electron chi connectivity index (χ4n) is 3.50. The molecule has 2 aliphatic rings. The van der Waals surface area contributed by atoms with E-state index in [1.165, 1.54) is 51.5 Å². The molecule has 0 aromatic carbocycles. The summed E-state index contributed by atoms with van der Waals surface area (Å²) in [6.45, 7) is 5.89. The number of nitrogens with zero attached hydrogens (tertiary/aromatic N) is 1. The summed E-state index contributed by atoms with van der Waals surface area (Å²) in [7, 11) is 0. The van der Waals surface area contributed by atoms with Crippen LogP contribution in [0.2, 0.25) is 0 Å². The molecule has 0 spiro atoms. The summed E-state index contributed by atoms with van der Waals surface area (Å²) >= 11 is 0. The van der Waals surface area contributed by atoms with Crippen molar-refractivity contribution < 1.29 is 4.79 Å². The maximum Gasteiger partial charge on any atom is 0.224 e. The van der Waals surface area contributed by atoms with Gasteiger partial charge in [0.25, 0.3) is 0 Å². The first kappa shape index (κ1) is 14.6. The Morgan fingerprint density at radius 2 is 1.89 bits per heavy atom. The predicted molar refractivity (Wildman–Crippen MR) is 79.0 cm³/mol. The van der Waals surface area contributed by atoms with E-state index in [4.69, 9.17) is 0 Å². The van der Waals surface area contributed by atoms with Crippen molar-refractivity contribution in [1.82, 2.24) is 10.2 Å². The van der Waals surface area contributed by atoms with Crippen molar-refractivity contribution in [2.24, 2.45) is 0 Å². The molecular weight excluding hydrogens is 236 g/mol. The lowest BCUT2D eigenvalue weighted by molar-refractivity contribution is -0.121. The Morgan fingerprint density at radius 3 is 2.58 bits per heavy atom. The Morgan fingerprint density at radius 1 is 1.16 bits per heavy atom. The molecule has 3 nitrogen and oxygen atoms in total. The first-order valence-electron chi connectivity index (χ1n) is 7.94. The molecule has 1 N–H and O–H groups in total. The number of nitrogens with one attached hydrogen (secondary N) is 1. The molecule has 1 amide bonds. The van der Waals surface area contributed by atoms with E-state index < -0.39 is 0 Å². The highest BCUT2D eigenvalue weighted by molar-refractivity contribution is 5.77. The minimum atomic E-state index is 0.128. The van der Waals surface area contributed by atoms with Crippen LogP contribution in [0, 0.1) is 0 Å². The van der Waals surface area contributed by atoms with Crippen molar-refractivity contribution in [3.8, 4) is 0 Å². The van der Waals surface area contributed by atoms with Gasteiger partial charge in [-0.15, -0.1) is 6.58 Å². The number of piperidine rings is 1. The van der Waals surface area contributed by atoms with Gasteiger partial charge in [-0.2, -0.15) is 0 Å². The predicted octanol–water partition coefficient (Wildman–Crippen LogP) is 2.87. The van der Waals surface area contributed by atoms with E-state index in [-0.39, 0.29) is 5.91 Å². The largest absolute Gasteiger partial charge is 0.352 e. The number of carbonyl (C=O) groups is 1. The maximum absolute atomic E-state index is 11.6. The molecule has 0 bridgehead atoms. The van der Waals surface area contributed by atoms with E-state index in [1.54, 1.807) is 6.08 Å². The van der Waals surface area contributed by atoms with Crippen LogP contribution < -0.4 is 5.32 Å². The van der Waals surface area contributed by atoms with Gasteiger partial charge >= 0.3 is 0 Å². The fourth-order valence-corrected chi connectivity index (χ4v) is 3.50. The third kappa shape index (κ3) is 4.64. The van der Waals surface area contributed by atoms with Gasteiger partial charge in [0.1, 0.15) is 0 Å². The lowest BCUT2D eigenvalue weighted by atomic mass is 10.00. The Hall–Kier alpha value is -0.830. The molecule has 0 unspecified atom stereocenters.